The van der Waals surface area contributed by atoms with Gasteiger partial charge in [0.1, 0.15) is 6.61 Å². The van der Waals surface area contributed by atoms with Crippen molar-refractivity contribution in [2.24, 2.45) is 5.92 Å². The molecule has 1 heterocycles. The predicted molar refractivity (Wildman–Crippen MR) is 49.2 cm³/mol. The van der Waals surface area contributed by atoms with Crippen LogP contribution in [0.25, 0.3) is 0 Å². The van der Waals surface area contributed by atoms with Crippen molar-refractivity contribution >= 4 is 5.97 Å². The zero-order chi connectivity index (χ0) is 9.97. The quantitative estimate of drug-likeness (QED) is 0.625. The minimum Gasteiger partial charge on any atom is -0.464 e. The third-order valence-corrected chi connectivity index (χ3v) is 2.43. The number of benzene rings is 1. The van der Waals surface area contributed by atoms with Gasteiger partial charge < -0.3 is 4.74 Å². The maximum atomic E-state index is 11.1. The smallest absolute Gasteiger partial charge is 0.324 e. The predicted octanol–water partition coefficient (Wildman–Crippen LogP) is 1.47. The van der Waals surface area contributed by atoms with Gasteiger partial charge in [0, 0.05) is 5.92 Å². The lowest BCUT2D eigenvalue weighted by Gasteiger charge is -2.08. The molecular weight excluding hydrogens is 178 g/mol. The Morgan fingerprint density at radius 2 is 2.07 bits per heavy atom. The number of ether oxygens (including phenoxy) is 1. The first-order valence-corrected chi connectivity index (χ1v) is 4.44. The molecule has 2 atom stereocenters. The van der Waals surface area contributed by atoms with Crippen molar-refractivity contribution in [2.75, 3.05) is 6.61 Å². The molecule has 1 saturated heterocycles. The molecule has 0 spiro atoms. The second-order valence-electron chi connectivity index (χ2n) is 3.25. The number of nitrogens with zero attached hydrogens (tertiary/aromatic N) is 1. The van der Waals surface area contributed by atoms with E-state index in [1.807, 2.05) is 36.4 Å². The summed E-state index contributed by atoms with van der Waals surface area (Å²) < 4.78 is 4.86. The van der Waals surface area contributed by atoms with Crippen LogP contribution in [0, 0.1) is 17.2 Å². The first-order valence-electron chi connectivity index (χ1n) is 4.44. The first kappa shape index (κ1) is 8.76. The number of esters is 1. The zero-order valence-corrected chi connectivity index (χ0v) is 7.51. The Bertz CT molecular complexity index is 380. The maximum Gasteiger partial charge on any atom is 0.324 e. The van der Waals surface area contributed by atoms with Crippen LogP contribution in [0.2, 0.25) is 0 Å². The number of carbonyl (C=O) groups is 1. The second kappa shape index (κ2) is 3.51. The summed E-state index contributed by atoms with van der Waals surface area (Å²) in [5, 5.41) is 8.82. The Labute approximate surface area is 81.9 Å². The Hall–Kier alpha value is -1.82. The van der Waals surface area contributed by atoms with E-state index >= 15 is 0 Å². The first-order chi connectivity index (χ1) is 6.83. The van der Waals surface area contributed by atoms with Gasteiger partial charge >= 0.3 is 5.97 Å². The van der Waals surface area contributed by atoms with Gasteiger partial charge in [-0.3, -0.25) is 4.79 Å². The van der Waals surface area contributed by atoms with Crippen molar-refractivity contribution in [3.63, 3.8) is 0 Å². The highest BCUT2D eigenvalue weighted by Crippen LogP contribution is 2.30. The zero-order valence-electron chi connectivity index (χ0n) is 7.51. The minimum atomic E-state index is -0.641. The van der Waals surface area contributed by atoms with E-state index in [1.54, 1.807) is 0 Å². The summed E-state index contributed by atoms with van der Waals surface area (Å²) in [6.45, 7) is 0.321. The molecule has 0 aliphatic carbocycles. The van der Waals surface area contributed by atoms with E-state index in [-0.39, 0.29) is 5.92 Å². The fourth-order valence-corrected chi connectivity index (χ4v) is 1.65. The molecule has 3 heteroatoms. The largest absolute Gasteiger partial charge is 0.464 e. The van der Waals surface area contributed by atoms with Crippen LogP contribution in [0.1, 0.15) is 11.5 Å². The highest BCUT2D eigenvalue weighted by Gasteiger charge is 2.37. The summed E-state index contributed by atoms with van der Waals surface area (Å²) in [6, 6.07) is 11.5. The summed E-state index contributed by atoms with van der Waals surface area (Å²) in [6.07, 6.45) is 0. The Balaban J connectivity index is 2.29. The molecule has 1 aromatic rings. The lowest BCUT2D eigenvalue weighted by molar-refractivity contribution is -0.139. The molecule has 0 N–H and O–H groups in total. The highest BCUT2D eigenvalue weighted by atomic mass is 16.5. The molecule has 1 aliphatic rings. The molecule has 0 radical (unpaired) electrons. The van der Waals surface area contributed by atoms with Crippen molar-refractivity contribution in [3.05, 3.63) is 35.9 Å². The van der Waals surface area contributed by atoms with Crippen molar-refractivity contribution in [1.82, 2.24) is 0 Å². The third kappa shape index (κ3) is 1.35. The monoisotopic (exact) mass is 187 g/mol. The van der Waals surface area contributed by atoms with Gasteiger partial charge in [-0.05, 0) is 5.56 Å². The molecule has 2 rings (SSSR count). The maximum absolute atomic E-state index is 11.1. The van der Waals surface area contributed by atoms with Crippen LogP contribution in [0.3, 0.4) is 0 Å². The van der Waals surface area contributed by atoms with E-state index in [0.29, 0.717) is 6.61 Å². The molecule has 3 nitrogen and oxygen atoms in total. The van der Waals surface area contributed by atoms with Gasteiger partial charge in [-0.2, -0.15) is 5.26 Å². The Morgan fingerprint density at radius 3 is 2.71 bits per heavy atom. The van der Waals surface area contributed by atoms with Gasteiger partial charge in [0.2, 0.25) is 0 Å². The summed E-state index contributed by atoms with van der Waals surface area (Å²) >= 11 is 0. The molecule has 0 bridgehead atoms. The van der Waals surface area contributed by atoms with Crippen LogP contribution < -0.4 is 0 Å². The molecule has 14 heavy (non-hydrogen) atoms. The average Bonchev–Trinajstić information content (AvgIpc) is 2.61. The summed E-state index contributed by atoms with van der Waals surface area (Å²) in [5.41, 5.74) is 0.991. The number of rotatable bonds is 1. The van der Waals surface area contributed by atoms with Gasteiger partial charge in [-0.1, -0.05) is 30.3 Å². The molecule has 0 saturated carbocycles. The number of nitriles is 1. The van der Waals surface area contributed by atoms with E-state index in [4.69, 9.17) is 10.00 Å². The number of hydrogen-bond acceptors (Lipinski definition) is 3. The van der Waals surface area contributed by atoms with E-state index in [0.717, 1.165) is 5.56 Å². The van der Waals surface area contributed by atoms with Gasteiger partial charge in [0.05, 0.1) is 6.07 Å². The van der Waals surface area contributed by atoms with Crippen LogP contribution in [-0.4, -0.2) is 12.6 Å². The average molecular weight is 187 g/mol. The molecule has 0 aromatic heterocycles. The molecular formula is C11H9NO2. The van der Waals surface area contributed by atoms with Crippen molar-refractivity contribution < 1.29 is 9.53 Å². The number of hydrogen-bond donors (Lipinski definition) is 0. The Kier molecular flexibility index (Phi) is 2.19. The van der Waals surface area contributed by atoms with Crippen molar-refractivity contribution in [1.29, 1.82) is 5.26 Å². The molecule has 1 fully saturated rings. The minimum absolute atomic E-state index is 0.103. The number of cyclic esters (lactones) is 1. The van der Waals surface area contributed by atoms with Crippen LogP contribution in [0.5, 0.6) is 0 Å². The van der Waals surface area contributed by atoms with Crippen molar-refractivity contribution in [3.8, 4) is 6.07 Å². The molecule has 70 valence electrons. The third-order valence-electron chi connectivity index (χ3n) is 2.43. The number of carbonyl (C=O) groups excluding carboxylic acids is 1. The van der Waals surface area contributed by atoms with E-state index in [9.17, 15) is 4.79 Å². The topological polar surface area (TPSA) is 50.1 Å². The molecule has 0 amide bonds. The second-order valence-corrected chi connectivity index (χ2v) is 3.25. The van der Waals surface area contributed by atoms with Gasteiger partial charge in [-0.25, -0.2) is 0 Å². The normalized spacial score (nSPS) is 25.5. The summed E-state index contributed by atoms with van der Waals surface area (Å²) in [4.78, 5) is 11.1. The molecule has 2 unspecified atom stereocenters. The van der Waals surface area contributed by atoms with Crippen LogP contribution in [-0.2, 0) is 9.53 Å². The lowest BCUT2D eigenvalue weighted by atomic mass is 9.90. The van der Waals surface area contributed by atoms with Crippen LogP contribution in [0.15, 0.2) is 30.3 Å². The Morgan fingerprint density at radius 1 is 1.36 bits per heavy atom. The van der Waals surface area contributed by atoms with E-state index in [1.165, 1.54) is 0 Å². The van der Waals surface area contributed by atoms with Gasteiger partial charge in [0.25, 0.3) is 0 Å². The standard InChI is InChI=1S/C11H9NO2/c12-6-9-10(7-14-11(9)13)8-4-2-1-3-5-8/h1-5,9-10H,7H2. The SMILES string of the molecule is N#CC1C(=O)OCC1c1ccccc1. The van der Waals surface area contributed by atoms with E-state index < -0.39 is 11.9 Å². The fourth-order valence-electron chi connectivity index (χ4n) is 1.65. The van der Waals surface area contributed by atoms with Crippen LogP contribution >= 0.6 is 0 Å². The van der Waals surface area contributed by atoms with Gasteiger partial charge in [0.15, 0.2) is 5.92 Å². The fraction of sp³-hybridized carbons (Fsp3) is 0.273. The highest BCUT2D eigenvalue weighted by molar-refractivity contribution is 5.78. The van der Waals surface area contributed by atoms with E-state index in [2.05, 4.69) is 0 Å². The lowest BCUT2D eigenvalue weighted by Crippen LogP contribution is -2.11. The summed E-state index contributed by atoms with van der Waals surface area (Å²) in [7, 11) is 0. The molecule has 1 aromatic carbocycles. The molecule has 1 aliphatic heterocycles. The van der Waals surface area contributed by atoms with Gasteiger partial charge in [-0.15, -0.1) is 0 Å². The summed E-state index contributed by atoms with van der Waals surface area (Å²) in [5.74, 6) is -1.15. The van der Waals surface area contributed by atoms with Crippen LogP contribution in [0.4, 0.5) is 0 Å². The van der Waals surface area contributed by atoms with Crippen molar-refractivity contribution in [2.45, 2.75) is 5.92 Å².